The molecule has 0 aromatic carbocycles. The van der Waals surface area contributed by atoms with E-state index in [-0.39, 0.29) is 38.0 Å². The van der Waals surface area contributed by atoms with E-state index in [9.17, 15) is 25.5 Å². The van der Waals surface area contributed by atoms with Crippen LogP contribution in [0.3, 0.4) is 0 Å². The molecule has 2 heterocycles. The van der Waals surface area contributed by atoms with Crippen molar-refractivity contribution >= 4 is 34.8 Å². The summed E-state index contributed by atoms with van der Waals surface area (Å²) in [6, 6.07) is 0. The monoisotopic (exact) mass is 536 g/mol. The molecule has 0 amide bonds. The van der Waals surface area contributed by atoms with Crippen molar-refractivity contribution in [2.24, 2.45) is 0 Å². The van der Waals surface area contributed by atoms with Crippen LogP contribution in [-0.4, -0.2) is 95.5 Å². The normalized spacial score (nSPS) is 50.6. The first-order valence-corrected chi connectivity index (χ1v) is 13.1. The summed E-state index contributed by atoms with van der Waals surface area (Å²) in [6.45, 7) is 7.93. The van der Waals surface area contributed by atoms with Crippen molar-refractivity contribution in [2.45, 2.75) is 118 Å². The van der Waals surface area contributed by atoms with Crippen LogP contribution in [0.25, 0.3) is 0 Å². The van der Waals surface area contributed by atoms with Crippen molar-refractivity contribution in [3.8, 4) is 0 Å². The Morgan fingerprint density at radius 1 is 0.879 bits per heavy atom. The van der Waals surface area contributed by atoms with Crippen LogP contribution >= 0.6 is 34.8 Å². The number of aliphatic hydroxyl groups is 5. The molecular formula is C22H39Cl3O8. The Hall–Kier alpha value is 0.550. The van der Waals surface area contributed by atoms with E-state index in [0.717, 1.165) is 0 Å². The van der Waals surface area contributed by atoms with Gasteiger partial charge in [-0.1, -0.05) is 34.6 Å². The number of rotatable bonds is 10. The van der Waals surface area contributed by atoms with Gasteiger partial charge in [-0.15, -0.1) is 34.8 Å². The van der Waals surface area contributed by atoms with Crippen LogP contribution in [0.5, 0.6) is 0 Å². The summed E-state index contributed by atoms with van der Waals surface area (Å²) >= 11 is 19.2. The molecule has 11 heteroatoms. The van der Waals surface area contributed by atoms with Crippen LogP contribution in [0.15, 0.2) is 0 Å². The molecule has 9 atom stereocenters. The Labute approximate surface area is 211 Å². The number of alkyl halides is 3. The first-order valence-electron chi connectivity index (χ1n) is 11.6. The van der Waals surface area contributed by atoms with Crippen molar-refractivity contribution in [2.75, 3.05) is 18.4 Å². The summed E-state index contributed by atoms with van der Waals surface area (Å²) in [5, 5.41) is 56.2. The summed E-state index contributed by atoms with van der Waals surface area (Å²) in [6.07, 6.45) is -3.75. The van der Waals surface area contributed by atoms with Crippen LogP contribution in [0, 0.1) is 0 Å². The van der Waals surface area contributed by atoms with Gasteiger partial charge in [0.25, 0.3) is 0 Å². The maximum Gasteiger partial charge on any atom is 0.214 e. The number of hydrogen-bond donors (Lipinski definition) is 5. The Bertz CT molecular complexity index is 684. The van der Waals surface area contributed by atoms with Gasteiger partial charge in [-0.25, -0.2) is 0 Å². The van der Waals surface area contributed by atoms with Gasteiger partial charge in [0, 0.05) is 6.42 Å². The lowest BCUT2D eigenvalue weighted by molar-refractivity contribution is -0.479. The van der Waals surface area contributed by atoms with Crippen LogP contribution < -0.4 is 0 Å². The van der Waals surface area contributed by atoms with Gasteiger partial charge in [-0.3, -0.25) is 0 Å². The molecule has 0 saturated carbocycles. The average molecular weight is 538 g/mol. The molecule has 0 bridgehead atoms. The molecule has 2 aliphatic heterocycles. The number of ether oxygens (including phenoxy) is 3. The lowest BCUT2D eigenvalue weighted by atomic mass is 9.56. The maximum atomic E-state index is 12.2. The van der Waals surface area contributed by atoms with E-state index in [0.29, 0.717) is 0 Å². The van der Waals surface area contributed by atoms with Crippen LogP contribution in [0.4, 0.5) is 0 Å². The molecular weight excluding hydrogens is 499 g/mol. The summed E-state index contributed by atoms with van der Waals surface area (Å²) in [7, 11) is 0. The fourth-order valence-electron chi connectivity index (χ4n) is 5.90. The van der Waals surface area contributed by atoms with Gasteiger partial charge in [-0.05, 0) is 25.7 Å². The largest absolute Gasteiger partial charge is 0.393 e. The fourth-order valence-corrected chi connectivity index (χ4v) is 6.94. The standard InChI is InChI=1S/C22H39Cl3O8/c1-6-17(13-26)19(25,7-2)20(29,8-3)21(30,9-4)22(10-5,32-17)33-18(12-24)16(28)15(27)14(11-23)31-18/h14-16,26-30H,6-13H2,1-5H3/t14-,15-,16+,17-,18+,19+,20+,21-,22-/m1/s1. The molecule has 2 rings (SSSR count). The zero-order chi connectivity index (χ0) is 25.5. The Morgan fingerprint density at radius 3 is 1.79 bits per heavy atom. The van der Waals surface area contributed by atoms with Gasteiger partial charge in [0.05, 0.1) is 18.4 Å². The minimum Gasteiger partial charge on any atom is -0.393 e. The third-order valence-corrected chi connectivity index (χ3v) is 9.64. The highest BCUT2D eigenvalue weighted by molar-refractivity contribution is 6.26. The Balaban J connectivity index is 2.82. The van der Waals surface area contributed by atoms with Crippen LogP contribution in [-0.2, 0) is 14.2 Å². The Kier molecular flexibility index (Phi) is 9.14. The second-order valence-electron chi connectivity index (χ2n) is 9.09. The van der Waals surface area contributed by atoms with Crippen LogP contribution in [0.2, 0.25) is 0 Å². The maximum absolute atomic E-state index is 12.2. The molecule has 0 aromatic rings. The highest BCUT2D eigenvalue weighted by atomic mass is 35.5. The van der Waals surface area contributed by atoms with Crippen molar-refractivity contribution in [1.82, 2.24) is 0 Å². The summed E-state index contributed by atoms with van der Waals surface area (Å²) in [4.78, 5) is -1.59. The van der Waals surface area contributed by atoms with Gasteiger partial charge < -0.3 is 39.7 Å². The van der Waals surface area contributed by atoms with Crippen LogP contribution in [0.1, 0.15) is 66.7 Å². The fraction of sp³-hybridized carbons (Fsp3) is 1.00. The third kappa shape index (κ3) is 3.71. The predicted molar refractivity (Wildman–Crippen MR) is 126 cm³/mol. The molecule has 0 spiro atoms. The first kappa shape index (κ1) is 29.8. The lowest BCUT2D eigenvalue weighted by Crippen LogP contribution is -2.87. The van der Waals surface area contributed by atoms with Gasteiger partial charge in [0.2, 0.25) is 11.6 Å². The van der Waals surface area contributed by atoms with E-state index >= 15 is 0 Å². The van der Waals surface area contributed by atoms with E-state index in [1.165, 1.54) is 0 Å². The van der Waals surface area contributed by atoms with E-state index in [1.54, 1.807) is 34.6 Å². The van der Waals surface area contributed by atoms with E-state index in [1.807, 2.05) is 0 Å². The molecule has 0 unspecified atom stereocenters. The number of hydrogen-bond acceptors (Lipinski definition) is 8. The van der Waals surface area contributed by atoms with E-state index in [2.05, 4.69) is 0 Å². The number of aliphatic hydroxyl groups excluding tert-OH is 3. The summed E-state index contributed by atoms with van der Waals surface area (Å²) in [5.74, 6) is -4.63. The summed E-state index contributed by atoms with van der Waals surface area (Å²) in [5.41, 5.74) is -5.66. The van der Waals surface area contributed by atoms with Gasteiger partial charge >= 0.3 is 0 Å². The minimum absolute atomic E-state index is 0.00904. The van der Waals surface area contributed by atoms with Crippen molar-refractivity contribution < 1.29 is 39.7 Å². The predicted octanol–water partition coefficient (Wildman–Crippen LogP) is 2.24. The van der Waals surface area contributed by atoms with Crippen molar-refractivity contribution in [1.29, 1.82) is 0 Å². The molecule has 196 valence electrons. The average Bonchev–Trinajstić information content (AvgIpc) is 3.09. The molecule has 2 saturated heterocycles. The smallest absolute Gasteiger partial charge is 0.214 e. The molecule has 8 nitrogen and oxygen atoms in total. The minimum atomic E-state index is -2.12. The molecule has 0 aromatic heterocycles. The third-order valence-electron chi connectivity index (χ3n) is 8.04. The topological polar surface area (TPSA) is 129 Å². The second-order valence-corrected chi connectivity index (χ2v) is 10.3. The van der Waals surface area contributed by atoms with E-state index < -0.39 is 64.1 Å². The van der Waals surface area contributed by atoms with Gasteiger partial charge in [0.1, 0.15) is 40.0 Å². The summed E-state index contributed by atoms with van der Waals surface area (Å²) < 4.78 is 18.6. The van der Waals surface area contributed by atoms with E-state index in [4.69, 9.17) is 49.0 Å². The highest BCUT2D eigenvalue weighted by Crippen LogP contribution is 2.63. The highest BCUT2D eigenvalue weighted by Gasteiger charge is 2.80. The zero-order valence-electron chi connectivity index (χ0n) is 20.0. The zero-order valence-corrected chi connectivity index (χ0v) is 22.3. The first-order chi connectivity index (χ1) is 15.3. The van der Waals surface area contributed by atoms with Crippen molar-refractivity contribution in [3.05, 3.63) is 0 Å². The van der Waals surface area contributed by atoms with Crippen molar-refractivity contribution in [3.63, 3.8) is 0 Å². The molecule has 2 fully saturated rings. The second kappa shape index (κ2) is 10.1. The lowest BCUT2D eigenvalue weighted by Gasteiger charge is -2.69. The molecule has 2 aliphatic rings. The molecule has 5 N–H and O–H groups in total. The SMILES string of the molecule is CC[C@]1(CO)O[C@](CC)(O[C@]2(CCl)O[C@H](CCl)[C@@H](O)[C@@H]2O)[C@@](O)(CC)[C@](O)(CC)[C@]1(Cl)CC. The van der Waals surface area contributed by atoms with Gasteiger partial charge in [0.15, 0.2) is 0 Å². The van der Waals surface area contributed by atoms with Gasteiger partial charge in [-0.2, -0.15) is 0 Å². The molecule has 33 heavy (non-hydrogen) atoms. The molecule has 0 aliphatic carbocycles. The molecule has 0 radical (unpaired) electrons. The quantitative estimate of drug-likeness (QED) is 0.268. The number of halogens is 3. The Morgan fingerprint density at radius 2 is 1.45 bits per heavy atom.